The number of furan rings is 1. The summed E-state index contributed by atoms with van der Waals surface area (Å²) in [5.74, 6) is 1.44. The van der Waals surface area contributed by atoms with Gasteiger partial charge in [0.15, 0.2) is 10.6 Å². The fraction of sp³-hybridized carbons (Fsp3) is 0.222. The van der Waals surface area contributed by atoms with Gasteiger partial charge in [-0.25, -0.2) is 0 Å². The molecule has 0 saturated carbocycles. The Morgan fingerprint density at radius 2 is 2.20 bits per heavy atom. The van der Waals surface area contributed by atoms with Crippen molar-refractivity contribution in [2.75, 3.05) is 0 Å². The zero-order valence-corrected chi connectivity index (χ0v) is 14.4. The number of hydrogen-bond acceptors (Lipinski definition) is 5. The molecule has 4 rings (SSSR count). The molecule has 128 valence electrons. The zero-order valence-electron chi connectivity index (χ0n) is 13.6. The average molecular weight is 355 g/mol. The summed E-state index contributed by atoms with van der Waals surface area (Å²) in [5.41, 5.74) is 2.38. The Balaban J connectivity index is 1.83. The van der Waals surface area contributed by atoms with Crippen LogP contribution in [0.4, 0.5) is 0 Å². The highest BCUT2D eigenvalue weighted by Crippen LogP contribution is 2.37. The van der Waals surface area contributed by atoms with Crippen molar-refractivity contribution in [3.05, 3.63) is 52.2 Å². The Labute approximate surface area is 149 Å². The standard InChI is InChI=1S/C18H17N3O3S/c1-2-10-8-13(15(23)9-14(10)22)17-19-20-18(25)21(17)12-3-4-16-11(7-12)5-6-24-16/h3-6,8-9,12,22-23H,2,7H2,1H3,(H,20,25). The number of allylic oxidation sites excluding steroid dienone is 1. The van der Waals surface area contributed by atoms with E-state index in [2.05, 4.69) is 10.2 Å². The Morgan fingerprint density at radius 3 is 3.00 bits per heavy atom. The summed E-state index contributed by atoms with van der Waals surface area (Å²) < 4.78 is 7.77. The Hall–Kier alpha value is -2.80. The van der Waals surface area contributed by atoms with Crippen molar-refractivity contribution in [3.8, 4) is 22.9 Å². The van der Waals surface area contributed by atoms with Crippen molar-refractivity contribution >= 4 is 18.3 Å². The first-order valence-electron chi connectivity index (χ1n) is 8.05. The van der Waals surface area contributed by atoms with Gasteiger partial charge >= 0.3 is 0 Å². The Kier molecular flexibility index (Phi) is 3.73. The molecule has 1 aliphatic rings. The van der Waals surface area contributed by atoms with E-state index in [1.165, 1.54) is 6.07 Å². The first kappa shape index (κ1) is 15.7. The summed E-state index contributed by atoms with van der Waals surface area (Å²) in [4.78, 5) is 0. The first-order chi connectivity index (χ1) is 12.1. The Bertz CT molecular complexity index is 1030. The van der Waals surface area contributed by atoms with Gasteiger partial charge in [-0.1, -0.05) is 13.0 Å². The fourth-order valence-corrected chi connectivity index (χ4v) is 3.49. The second-order valence-electron chi connectivity index (χ2n) is 6.01. The van der Waals surface area contributed by atoms with E-state index in [1.807, 2.05) is 29.7 Å². The van der Waals surface area contributed by atoms with Gasteiger partial charge in [0.2, 0.25) is 0 Å². The van der Waals surface area contributed by atoms with E-state index < -0.39 is 0 Å². The van der Waals surface area contributed by atoms with E-state index in [0.29, 0.717) is 22.6 Å². The normalized spacial score (nSPS) is 16.1. The van der Waals surface area contributed by atoms with Crippen LogP contribution in [0, 0.1) is 4.77 Å². The van der Waals surface area contributed by atoms with Gasteiger partial charge in [-0.05, 0) is 42.4 Å². The van der Waals surface area contributed by atoms with Gasteiger partial charge in [0.25, 0.3) is 0 Å². The van der Waals surface area contributed by atoms with Crippen LogP contribution in [0.5, 0.6) is 11.5 Å². The van der Waals surface area contributed by atoms with Gasteiger partial charge in [0.1, 0.15) is 17.3 Å². The van der Waals surface area contributed by atoms with Crippen molar-refractivity contribution in [1.29, 1.82) is 0 Å². The van der Waals surface area contributed by atoms with Crippen molar-refractivity contribution in [1.82, 2.24) is 14.8 Å². The second-order valence-corrected chi connectivity index (χ2v) is 6.40. The van der Waals surface area contributed by atoms with Crippen LogP contribution in [0.1, 0.15) is 29.9 Å². The predicted octanol–water partition coefficient (Wildman–Crippen LogP) is 3.98. The van der Waals surface area contributed by atoms with Gasteiger partial charge < -0.3 is 14.6 Å². The van der Waals surface area contributed by atoms with Crippen molar-refractivity contribution in [2.45, 2.75) is 25.8 Å². The molecule has 0 saturated heterocycles. The number of phenolic OH excluding ortho intramolecular Hbond substituents is 2. The number of H-pyrrole nitrogens is 1. The number of aromatic hydroxyl groups is 2. The quantitative estimate of drug-likeness (QED) is 0.619. The third-order valence-electron chi connectivity index (χ3n) is 4.53. The Morgan fingerprint density at radius 1 is 1.36 bits per heavy atom. The van der Waals surface area contributed by atoms with Crippen LogP contribution in [0.15, 0.2) is 35.0 Å². The third-order valence-corrected chi connectivity index (χ3v) is 4.82. The third kappa shape index (κ3) is 2.56. The molecule has 2 heterocycles. The predicted molar refractivity (Wildman–Crippen MR) is 96.0 cm³/mol. The lowest BCUT2D eigenvalue weighted by molar-refractivity contribution is 0.447. The van der Waals surface area contributed by atoms with Crippen LogP contribution in [0.25, 0.3) is 17.5 Å². The van der Waals surface area contributed by atoms with Crippen LogP contribution in [-0.4, -0.2) is 25.0 Å². The molecule has 0 bridgehead atoms. The van der Waals surface area contributed by atoms with E-state index in [1.54, 1.807) is 12.3 Å². The minimum absolute atomic E-state index is 0.0336. The molecule has 1 aromatic carbocycles. The van der Waals surface area contributed by atoms with Gasteiger partial charge in [-0.15, -0.1) is 0 Å². The maximum absolute atomic E-state index is 10.3. The van der Waals surface area contributed by atoms with Crippen molar-refractivity contribution in [2.24, 2.45) is 0 Å². The number of aryl methyl sites for hydroxylation is 1. The smallest absolute Gasteiger partial charge is 0.196 e. The number of aromatic nitrogens is 3. The highest BCUT2D eigenvalue weighted by Gasteiger charge is 2.23. The molecule has 0 amide bonds. The monoisotopic (exact) mass is 355 g/mol. The maximum Gasteiger partial charge on any atom is 0.196 e. The van der Waals surface area contributed by atoms with Gasteiger partial charge in [0, 0.05) is 18.1 Å². The molecule has 1 aliphatic carbocycles. The molecule has 3 N–H and O–H groups in total. The highest BCUT2D eigenvalue weighted by atomic mass is 32.1. The number of phenols is 2. The molecule has 7 heteroatoms. The average Bonchev–Trinajstić information content (AvgIpc) is 3.20. The number of fused-ring (bicyclic) bond motifs is 1. The highest BCUT2D eigenvalue weighted by molar-refractivity contribution is 7.71. The summed E-state index contributed by atoms with van der Waals surface area (Å²) in [6.45, 7) is 1.94. The number of nitrogens with one attached hydrogen (secondary N) is 1. The minimum atomic E-state index is -0.0374. The largest absolute Gasteiger partial charge is 0.508 e. The van der Waals surface area contributed by atoms with Crippen LogP contribution < -0.4 is 0 Å². The number of nitrogens with zero attached hydrogens (tertiary/aromatic N) is 2. The van der Waals surface area contributed by atoms with Crippen LogP contribution >= 0.6 is 12.2 Å². The summed E-state index contributed by atoms with van der Waals surface area (Å²) in [6, 6.07) is 5.01. The lowest BCUT2D eigenvalue weighted by atomic mass is 9.99. The van der Waals surface area contributed by atoms with Crippen LogP contribution in [0.2, 0.25) is 0 Å². The summed E-state index contributed by atoms with van der Waals surface area (Å²) in [5, 5.41) is 27.4. The number of rotatable bonds is 3. The fourth-order valence-electron chi connectivity index (χ4n) is 3.22. The van der Waals surface area contributed by atoms with E-state index in [9.17, 15) is 10.2 Å². The molecule has 3 aromatic rings. The van der Waals surface area contributed by atoms with E-state index in [0.717, 1.165) is 23.3 Å². The lowest BCUT2D eigenvalue weighted by Crippen LogP contribution is -2.14. The van der Waals surface area contributed by atoms with E-state index in [4.69, 9.17) is 16.6 Å². The molecule has 1 atom stereocenters. The summed E-state index contributed by atoms with van der Waals surface area (Å²) in [6.07, 6.45) is 6.98. The number of benzene rings is 1. The molecule has 6 nitrogen and oxygen atoms in total. The second kappa shape index (κ2) is 5.93. The topological polar surface area (TPSA) is 87.2 Å². The number of hydrogen-bond donors (Lipinski definition) is 3. The number of aromatic amines is 1. The molecule has 0 radical (unpaired) electrons. The van der Waals surface area contributed by atoms with E-state index >= 15 is 0 Å². The molecular formula is C18H17N3O3S. The summed E-state index contributed by atoms with van der Waals surface area (Å²) in [7, 11) is 0. The van der Waals surface area contributed by atoms with E-state index in [-0.39, 0.29) is 17.5 Å². The van der Waals surface area contributed by atoms with Gasteiger partial charge in [0.05, 0.1) is 17.9 Å². The van der Waals surface area contributed by atoms with Crippen molar-refractivity contribution < 1.29 is 14.6 Å². The maximum atomic E-state index is 10.3. The molecular weight excluding hydrogens is 338 g/mol. The molecule has 1 unspecified atom stereocenters. The zero-order chi connectivity index (χ0) is 17.6. The molecule has 0 aliphatic heterocycles. The van der Waals surface area contributed by atoms with Crippen LogP contribution in [0.3, 0.4) is 0 Å². The first-order valence-corrected chi connectivity index (χ1v) is 8.46. The van der Waals surface area contributed by atoms with Gasteiger partial charge in [-0.2, -0.15) is 5.10 Å². The summed E-state index contributed by atoms with van der Waals surface area (Å²) >= 11 is 5.42. The lowest BCUT2D eigenvalue weighted by Gasteiger charge is -2.20. The molecule has 25 heavy (non-hydrogen) atoms. The molecule has 2 aromatic heterocycles. The van der Waals surface area contributed by atoms with Crippen LogP contribution in [-0.2, 0) is 12.8 Å². The molecule has 0 fully saturated rings. The molecule has 0 spiro atoms. The van der Waals surface area contributed by atoms with Gasteiger partial charge in [-0.3, -0.25) is 9.67 Å². The SMILES string of the molecule is CCc1cc(-c2n[nH]c(=S)n2C2C=Cc3occc3C2)c(O)cc1O. The van der Waals surface area contributed by atoms with Crippen molar-refractivity contribution in [3.63, 3.8) is 0 Å². The minimum Gasteiger partial charge on any atom is -0.508 e.